The fraction of sp³-hybridized carbons (Fsp3) is 0.333. The highest BCUT2D eigenvalue weighted by Crippen LogP contribution is 2.23. The number of H-pyrrole nitrogens is 1. The lowest BCUT2D eigenvalue weighted by Crippen LogP contribution is -2.37. The predicted octanol–water partition coefficient (Wildman–Crippen LogP) is 2.72. The van der Waals surface area contributed by atoms with Crippen molar-refractivity contribution < 1.29 is 14.3 Å². The standard InChI is InChI=1S/C21H23N3O3/c1-26-10-11-27-20-7-6-15-14-24(9-8-18(15)23-20)21(25)12-16-13-22-19-5-3-2-4-17(16)19/h2-7,13,22H,8-12,14H2,1H3. The quantitative estimate of drug-likeness (QED) is 0.682. The minimum atomic E-state index is 0.144. The molecule has 1 aromatic carbocycles. The second-order valence-electron chi connectivity index (χ2n) is 6.70. The molecule has 1 amide bonds. The van der Waals surface area contributed by atoms with E-state index in [9.17, 15) is 4.79 Å². The molecule has 0 aliphatic carbocycles. The maximum atomic E-state index is 12.8. The number of carbonyl (C=O) groups excluding carboxylic acids is 1. The van der Waals surface area contributed by atoms with Gasteiger partial charge in [-0.1, -0.05) is 24.3 Å². The largest absolute Gasteiger partial charge is 0.475 e. The van der Waals surface area contributed by atoms with Gasteiger partial charge in [0.1, 0.15) is 6.61 Å². The molecule has 1 aliphatic rings. The minimum absolute atomic E-state index is 0.144. The van der Waals surface area contributed by atoms with Gasteiger partial charge in [0, 0.05) is 49.8 Å². The van der Waals surface area contributed by atoms with Gasteiger partial charge in [-0.25, -0.2) is 4.98 Å². The molecule has 27 heavy (non-hydrogen) atoms. The summed E-state index contributed by atoms with van der Waals surface area (Å²) in [4.78, 5) is 22.5. The molecule has 0 spiro atoms. The van der Waals surface area contributed by atoms with E-state index in [1.807, 2.05) is 41.4 Å². The van der Waals surface area contributed by atoms with Crippen molar-refractivity contribution in [3.63, 3.8) is 0 Å². The number of nitrogens with one attached hydrogen (secondary N) is 1. The summed E-state index contributed by atoms with van der Waals surface area (Å²) in [5.41, 5.74) is 4.21. The number of aromatic amines is 1. The number of fused-ring (bicyclic) bond motifs is 2. The number of benzene rings is 1. The smallest absolute Gasteiger partial charge is 0.227 e. The van der Waals surface area contributed by atoms with Crippen molar-refractivity contribution in [1.82, 2.24) is 14.9 Å². The van der Waals surface area contributed by atoms with E-state index in [1.165, 1.54) is 0 Å². The van der Waals surface area contributed by atoms with Gasteiger partial charge in [0.05, 0.1) is 18.7 Å². The van der Waals surface area contributed by atoms with Crippen LogP contribution in [0.5, 0.6) is 5.88 Å². The molecule has 0 bridgehead atoms. The fourth-order valence-electron chi connectivity index (χ4n) is 3.47. The minimum Gasteiger partial charge on any atom is -0.475 e. The molecular formula is C21H23N3O3. The topological polar surface area (TPSA) is 67.5 Å². The van der Waals surface area contributed by atoms with E-state index in [4.69, 9.17) is 9.47 Å². The first-order valence-corrected chi connectivity index (χ1v) is 9.18. The average Bonchev–Trinajstić information content (AvgIpc) is 3.10. The third-order valence-electron chi connectivity index (χ3n) is 4.93. The average molecular weight is 365 g/mol. The maximum Gasteiger partial charge on any atom is 0.227 e. The zero-order chi connectivity index (χ0) is 18.6. The van der Waals surface area contributed by atoms with Crippen LogP contribution >= 0.6 is 0 Å². The van der Waals surface area contributed by atoms with E-state index in [0.717, 1.165) is 34.1 Å². The number of pyridine rings is 1. The summed E-state index contributed by atoms with van der Waals surface area (Å²) < 4.78 is 10.6. The van der Waals surface area contributed by atoms with Gasteiger partial charge in [0.15, 0.2) is 0 Å². The Morgan fingerprint density at radius 1 is 1.22 bits per heavy atom. The molecule has 2 aromatic heterocycles. The first kappa shape index (κ1) is 17.5. The van der Waals surface area contributed by atoms with Crippen LogP contribution in [-0.2, 0) is 28.9 Å². The van der Waals surface area contributed by atoms with Crippen molar-refractivity contribution in [2.24, 2.45) is 0 Å². The van der Waals surface area contributed by atoms with Gasteiger partial charge in [-0.3, -0.25) is 4.79 Å². The lowest BCUT2D eigenvalue weighted by atomic mass is 10.0. The summed E-state index contributed by atoms with van der Waals surface area (Å²) >= 11 is 0. The highest BCUT2D eigenvalue weighted by Gasteiger charge is 2.22. The second kappa shape index (κ2) is 7.80. The van der Waals surface area contributed by atoms with Crippen molar-refractivity contribution in [3.8, 4) is 5.88 Å². The van der Waals surface area contributed by atoms with E-state index in [1.54, 1.807) is 7.11 Å². The van der Waals surface area contributed by atoms with Crippen LogP contribution < -0.4 is 4.74 Å². The third kappa shape index (κ3) is 3.80. The fourth-order valence-corrected chi connectivity index (χ4v) is 3.47. The van der Waals surface area contributed by atoms with Crippen molar-refractivity contribution in [3.05, 3.63) is 59.4 Å². The number of nitrogens with zero attached hydrogens (tertiary/aromatic N) is 2. The van der Waals surface area contributed by atoms with Crippen molar-refractivity contribution in [2.45, 2.75) is 19.4 Å². The summed E-state index contributed by atoms with van der Waals surface area (Å²) in [7, 11) is 1.64. The van der Waals surface area contributed by atoms with Crippen molar-refractivity contribution >= 4 is 16.8 Å². The molecule has 1 N–H and O–H groups in total. The molecule has 3 aromatic rings. The Morgan fingerprint density at radius 2 is 2.11 bits per heavy atom. The van der Waals surface area contributed by atoms with E-state index < -0.39 is 0 Å². The number of methoxy groups -OCH3 is 1. The molecule has 0 unspecified atom stereocenters. The van der Waals surface area contributed by atoms with Crippen LogP contribution in [0.4, 0.5) is 0 Å². The summed E-state index contributed by atoms with van der Waals surface area (Å²) in [5, 5.41) is 1.11. The summed E-state index contributed by atoms with van der Waals surface area (Å²) in [5.74, 6) is 0.759. The number of aromatic nitrogens is 2. The van der Waals surface area contributed by atoms with Gasteiger partial charge in [0.2, 0.25) is 11.8 Å². The molecule has 0 fully saturated rings. The highest BCUT2D eigenvalue weighted by atomic mass is 16.5. The number of hydrogen-bond acceptors (Lipinski definition) is 4. The first-order valence-electron chi connectivity index (χ1n) is 9.18. The summed E-state index contributed by atoms with van der Waals surface area (Å²) in [6.45, 7) is 2.30. The summed E-state index contributed by atoms with van der Waals surface area (Å²) in [6, 6.07) is 11.9. The first-order chi connectivity index (χ1) is 13.2. The Bertz CT molecular complexity index is 951. The maximum absolute atomic E-state index is 12.8. The molecule has 1 aliphatic heterocycles. The number of ether oxygens (including phenoxy) is 2. The monoisotopic (exact) mass is 365 g/mol. The molecule has 0 saturated heterocycles. The van der Waals surface area contributed by atoms with Gasteiger partial charge < -0.3 is 19.4 Å². The lowest BCUT2D eigenvalue weighted by Gasteiger charge is -2.28. The van der Waals surface area contributed by atoms with Gasteiger partial charge >= 0.3 is 0 Å². The molecule has 0 radical (unpaired) electrons. The number of amides is 1. The van der Waals surface area contributed by atoms with Crippen LogP contribution in [0.15, 0.2) is 42.6 Å². The number of carbonyl (C=O) groups is 1. The lowest BCUT2D eigenvalue weighted by molar-refractivity contribution is -0.131. The zero-order valence-corrected chi connectivity index (χ0v) is 15.4. The van der Waals surface area contributed by atoms with Crippen molar-refractivity contribution in [2.75, 3.05) is 26.9 Å². The Morgan fingerprint density at radius 3 is 3.00 bits per heavy atom. The predicted molar refractivity (Wildman–Crippen MR) is 103 cm³/mol. The summed E-state index contributed by atoms with van der Waals surface area (Å²) in [6.07, 6.45) is 3.09. The molecule has 6 nitrogen and oxygen atoms in total. The molecular weight excluding hydrogens is 342 g/mol. The Kier molecular flexibility index (Phi) is 5.07. The molecule has 0 saturated carbocycles. The molecule has 140 valence electrons. The Hall–Kier alpha value is -2.86. The van der Waals surface area contributed by atoms with E-state index in [0.29, 0.717) is 38.6 Å². The number of hydrogen-bond donors (Lipinski definition) is 1. The molecule has 6 heteroatoms. The van der Waals surface area contributed by atoms with Crippen LogP contribution in [-0.4, -0.2) is 47.6 Å². The third-order valence-corrected chi connectivity index (χ3v) is 4.93. The van der Waals surface area contributed by atoms with Gasteiger partial charge in [-0.2, -0.15) is 0 Å². The van der Waals surface area contributed by atoms with Crippen LogP contribution in [0.2, 0.25) is 0 Å². The van der Waals surface area contributed by atoms with Crippen molar-refractivity contribution in [1.29, 1.82) is 0 Å². The Balaban J connectivity index is 1.42. The van der Waals surface area contributed by atoms with Crippen LogP contribution in [0, 0.1) is 0 Å². The van der Waals surface area contributed by atoms with Crippen LogP contribution in [0.25, 0.3) is 10.9 Å². The van der Waals surface area contributed by atoms with E-state index in [2.05, 4.69) is 16.0 Å². The molecule has 3 heterocycles. The van der Waals surface area contributed by atoms with E-state index in [-0.39, 0.29) is 5.91 Å². The SMILES string of the molecule is COCCOc1ccc2c(n1)CCN(C(=O)Cc1c[nH]c3ccccc13)C2. The van der Waals surface area contributed by atoms with Gasteiger partial charge in [-0.05, 0) is 17.2 Å². The highest BCUT2D eigenvalue weighted by molar-refractivity contribution is 5.89. The van der Waals surface area contributed by atoms with Gasteiger partial charge in [0.25, 0.3) is 0 Å². The molecule has 4 rings (SSSR count). The zero-order valence-electron chi connectivity index (χ0n) is 15.4. The number of para-hydroxylation sites is 1. The molecule has 0 atom stereocenters. The second-order valence-corrected chi connectivity index (χ2v) is 6.70. The van der Waals surface area contributed by atoms with Crippen LogP contribution in [0.1, 0.15) is 16.8 Å². The van der Waals surface area contributed by atoms with E-state index >= 15 is 0 Å². The van der Waals surface area contributed by atoms with Gasteiger partial charge in [-0.15, -0.1) is 0 Å². The number of rotatable bonds is 6. The normalized spacial score (nSPS) is 13.6. The Labute approximate surface area is 158 Å². The van der Waals surface area contributed by atoms with Crippen LogP contribution in [0.3, 0.4) is 0 Å².